The van der Waals surface area contributed by atoms with Crippen LogP contribution in [-0.4, -0.2) is 29.8 Å². The Labute approximate surface area is 216 Å². The van der Waals surface area contributed by atoms with E-state index in [9.17, 15) is 9.59 Å². The summed E-state index contributed by atoms with van der Waals surface area (Å²) in [7, 11) is 0. The molecule has 0 saturated heterocycles. The van der Waals surface area contributed by atoms with Crippen LogP contribution >= 0.6 is 11.6 Å². The lowest BCUT2D eigenvalue weighted by atomic mass is 9.86. The monoisotopic (exact) mass is 500 g/mol. The molecule has 0 bridgehead atoms. The fourth-order valence-corrected chi connectivity index (χ4v) is 4.71. The minimum absolute atomic E-state index is 0.0527. The number of ether oxygens (including phenoxy) is 1. The summed E-state index contributed by atoms with van der Waals surface area (Å²) < 4.78 is 6.06. The summed E-state index contributed by atoms with van der Waals surface area (Å²) in [5, 5.41) is 0.614. The lowest BCUT2D eigenvalue weighted by Crippen LogP contribution is -2.47. The van der Waals surface area contributed by atoms with Crippen LogP contribution in [0.2, 0.25) is 5.02 Å². The van der Waals surface area contributed by atoms with Crippen molar-refractivity contribution in [3.8, 4) is 5.75 Å². The van der Waals surface area contributed by atoms with Crippen LogP contribution in [0, 0.1) is 0 Å². The summed E-state index contributed by atoms with van der Waals surface area (Å²) in [6.07, 6.45) is 2.50. The number of halogens is 1. The largest absolute Gasteiger partial charge is 0.449 e. The molecule has 2 aliphatic heterocycles. The number of benzene rings is 3. The van der Waals surface area contributed by atoms with E-state index in [2.05, 4.69) is 32.9 Å². The number of hydrogen-bond donors (Lipinski definition) is 0. The number of carbonyl (C=O) groups is 2. The molecule has 6 heteroatoms. The van der Waals surface area contributed by atoms with Gasteiger partial charge in [-0.2, -0.15) is 0 Å². The van der Waals surface area contributed by atoms with Crippen molar-refractivity contribution in [1.29, 1.82) is 0 Å². The molecular weight excluding hydrogens is 472 g/mol. The van der Waals surface area contributed by atoms with Gasteiger partial charge in [0.05, 0.1) is 5.69 Å². The summed E-state index contributed by atoms with van der Waals surface area (Å²) in [4.78, 5) is 30.5. The molecule has 36 heavy (non-hydrogen) atoms. The second-order valence-corrected chi connectivity index (χ2v) is 10.8. The van der Waals surface area contributed by atoms with Crippen molar-refractivity contribution in [3.05, 3.63) is 99.8 Å². The van der Waals surface area contributed by atoms with Crippen LogP contribution in [0.1, 0.15) is 43.0 Å². The Morgan fingerprint density at radius 1 is 1.03 bits per heavy atom. The third-order valence-corrected chi connectivity index (χ3v) is 6.99. The van der Waals surface area contributed by atoms with E-state index in [1.165, 1.54) is 5.56 Å². The highest BCUT2D eigenvalue weighted by Crippen LogP contribution is 2.39. The summed E-state index contributed by atoms with van der Waals surface area (Å²) in [6, 6.07) is 21.2. The molecule has 0 atom stereocenters. The van der Waals surface area contributed by atoms with Gasteiger partial charge in [-0.25, -0.2) is 0 Å². The molecule has 3 aromatic carbocycles. The minimum Gasteiger partial charge on any atom is -0.449 e. The van der Waals surface area contributed by atoms with Crippen LogP contribution < -0.4 is 9.64 Å². The molecule has 0 fully saturated rings. The van der Waals surface area contributed by atoms with Crippen LogP contribution in [-0.2, 0) is 28.0 Å². The fraction of sp³-hybridized carbons (Fsp3) is 0.267. The molecule has 0 aliphatic carbocycles. The average Bonchev–Trinajstić information content (AvgIpc) is 2.86. The first-order chi connectivity index (χ1) is 17.2. The number of amides is 2. The Balaban J connectivity index is 1.48. The summed E-state index contributed by atoms with van der Waals surface area (Å²) in [5.41, 5.74) is 4.78. The highest BCUT2D eigenvalue weighted by atomic mass is 35.5. The standard InChI is InChI=1S/C30H29ClN2O3/c1-30(2,3)23-10-13-26-25(17-23)33(29(35)27(36-26)16-20-8-11-24(31)12-9-20)19-28(34)32-15-14-21-6-4-5-7-22(21)18-32/h4-13,16-17H,14-15,18-19H2,1-3H3. The maximum atomic E-state index is 13.7. The number of hydrogen-bond acceptors (Lipinski definition) is 3. The Bertz CT molecular complexity index is 1360. The van der Waals surface area contributed by atoms with Gasteiger partial charge >= 0.3 is 0 Å². The molecule has 0 aromatic heterocycles. The van der Waals surface area contributed by atoms with E-state index < -0.39 is 0 Å². The average molecular weight is 501 g/mol. The lowest BCUT2D eigenvalue weighted by Gasteiger charge is -2.34. The van der Waals surface area contributed by atoms with Crippen LogP contribution in [0.4, 0.5) is 5.69 Å². The first-order valence-corrected chi connectivity index (χ1v) is 12.5. The smallest absolute Gasteiger partial charge is 0.294 e. The highest BCUT2D eigenvalue weighted by Gasteiger charge is 2.34. The van der Waals surface area contributed by atoms with Crippen molar-refractivity contribution in [2.45, 2.75) is 39.2 Å². The molecule has 0 N–H and O–H groups in total. The van der Waals surface area contributed by atoms with Crippen molar-refractivity contribution in [3.63, 3.8) is 0 Å². The summed E-state index contributed by atoms with van der Waals surface area (Å²) in [6.45, 7) is 7.49. The van der Waals surface area contributed by atoms with E-state index in [4.69, 9.17) is 16.3 Å². The molecule has 0 unspecified atom stereocenters. The van der Waals surface area contributed by atoms with E-state index in [0.717, 1.165) is 23.1 Å². The molecule has 184 valence electrons. The number of nitrogens with zero attached hydrogens (tertiary/aromatic N) is 2. The van der Waals surface area contributed by atoms with Crippen molar-refractivity contribution in [1.82, 2.24) is 4.90 Å². The zero-order chi connectivity index (χ0) is 25.4. The molecule has 5 nitrogen and oxygen atoms in total. The molecular formula is C30H29ClN2O3. The number of rotatable bonds is 3. The molecule has 2 heterocycles. The summed E-state index contributed by atoms with van der Waals surface area (Å²) in [5.74, 6) is 0.303. The van der Waals surface area contributed by atoms with Gasteiger partial charge in [0.1, 0.15) is 6.54 Å². The van der Waals surface area contributed by atoms with E-state index in [1.54, 1.807) is 23.1 Å². The van der Waals surface area contributed by atoms with E-state index in [0.29, 0.717) is 29.5 Å². The zero-order valence-corrected chi connectivity index (χ0v) is 21.5. The van der Waals surface area contributed by atoms with Gasteiger partial charge in [0.2, 0.25) is 5.91 Å². The Kier molecular flexibility index (Phi) is 6.35. The maximum absolute atomic E-state index is 13.7. The van der Waals surface area contributed by atoms with Gasteiger partial charge in [-0.05, 0) is 64.4 Å². The molecule has 5 rings (SSSR count). The van der Waals surface area contributed by atoms with E-state index in [-0.39, 0.29) is 29.5 Å². The van der Waals surface area contributed by atoms with Crippen molar-refractivity contribution >= 4 is 35.2 Å². The number of anilines is 1. The van der Waals surface area contributed by atoms with Gasteiger partial charge in [-0.3, -0.25) is 14.5 Å². The van der Waals surface area contributed by atoms with Crippen LogP contribution in [0.25, 0.3) is 6.08 Å². The SMILES string of the molecule is CC(C)(C)c1ccc2c(c1)N(CC(=O)N1CCc3ccccc3C1)C(=O)C(=Cc1ccc(Cl)cc1)O2. The van der Waals surface area contributed by atoms with Gasteiger partial charge in [0.25, 0.3) is 5.91 Å². The quantitative estimate of drug-likeness (QED) is 0.415. The molecule has 3 aromatic rings. The highest BCUT2D eigenvalue weighted by molar-refractivity contribution is 6.30. The van der Waals surface area contributed by atoms with Crippen LogP contribution in [0.3, 0.4) is 0 Å². The van der Waals surface area contributed by atoms with Gasteiger partial charge in [-0.1, -0.05) is 74.8 Å². The third kappa shape index (κ3) is 4.89. The number of fused-ring (bicyclic) bond motifs is 2. The normalized spacial score (nSPS) is 16.4. The topological polar surface area (TPSA) is 49.9 Å². The van der Waals surface area contributed by atoms with Gasteiger partial charge < -0.3 is 9.64 Å². The Morgan fingerprint density at radius 2 is 1.75 bits per heavy atom. The fourth-order valence-electron chi connectivity index (χ4n) is 4.59. The molecule has 0 radical (unpaired) electrons. The Morgan fingerprint density at radius 3 is 2.47 bits per heavy atom. The van der Waals surface area contributed by atoms with Gasteiger partial charge in [0, 0.05) is 18.1 Å². The first-order valence-electron chi connectivity index (χ1n) is 12.1. The Hall–Kier alpha value is -3.57. The number of carbonyl (C=O) groups excluding carboxylic acids is 2. The predicted octanol–water partition coefficient (Wildman–Crippen LogP) is 5.99. The van der Waals surface area contributed by atoms with E-state index >= 15 is 0 Å². The van der Waals surface area contributed by atoms with Crippen molar-refractivity contribution in [2.24, 2.45) is 0 Å². The van der Waals surface area contributed by atoms with Gasteiger partial charge in [0.15, 0.2) is 11.5 Å². The summed E-state index contributed by atoms with van der Waals surface area (Å²) >= 11 is 6.02. The molecule has 2 amide bonds. The van der Waals surface area contributed by atoms with Gasteiger partial charge in [-0.15, -0.1) is 0 Å². The van der Waals surface area contributed by atoms with Crippen LogP contribution in [0.5, 0.6) is 5.75 Å². The van der Waals surface area contributed by atoms with Crippen molar-refractivity contribution < 1.29 is 14.3 Å². The third-order valence-electron chi connectivity index (χ3n) is 6.74. The maximum Gasteiger partial charge on any atom is 0.294 e. The minimum atomic E-state index is -0.339. The second-order valence-electron chi connectivity index (χ2n) is 10.3. The van der Waals surface area contributed by atoms with Crippen LogP contribution in [0.15, 0.2) is 72.5 Å². The molecule has 2 aliphatic rings. The first kappa shape index (κ1) is 24.1. The zero-order valence-electron chi connectivity index (χ0n) is 20.8. The molecule has 0 spiro atoms. The second kappa shape index (κ2) is 9.47. The molecule has 0 saturated carbocycles. The lowest BCUT2D eigenvalue weighted by molar-refractivity contribution is -0.132. The van der Waals surface area contributed by atoms with Crippen molar-refractivity contribution in [2.75, 3.05) is 18.0 Å². The predicted molar refractivity (Wildman–Crippen MR) is 143 cm³/mol. The van der Waals surface area contributed by atoms with E-state index in [1.807, 2.05) is 47.4 Å².